The van der Waals surface area contributed by atoms with Crippen molar-refractivity contribution in [2.24, 2.45) is 0 Å². The van der Waals surface area contributed by atoms with Crippen LogP contribution >= 0.6 is 11.3 Å². The number of furan rings is 1. The van der Waals surface area contributed by atoms with Crippen LogP contribution in [0, 0.1) is 20.8 Å². The Bertz CT molecular complexity index is 1210. The number of hydrogen-bond donors (Lipinski definition) is 2. The van der Waals surface area contributed by atoms with Crippen molar-refractivity contribution in [3.63, 3.8) is 0 Å². The molecule has 4 aromatic rings. The maximum atomic E-state index is 12.7. The number of carbonyl (C=O) groups excluding carboxylic acids is 1. The number of nitrogens with zero attached hydrogens (tertiary/aromatic N) is 1. The monoisotopic (exact) mass is 447 g/mol. The smallest absolute Gasteiger partial charge is 0.291 e. The number of rotatable bonds is 7. The van der Waals surface area contributed by atoms with Gasteiger partial charge in [-0.15, -0.1) is 11.3 Å². The van der Waals surface area contributed by atoms with E-state index in [2.05, 4.69) is 29.5 Å². The molecule has 0 bridgehead atoms. The van der Waals surface area contributed by atoms with E-state index in [1.54, 1.807) is 36.8 Å². The topological polar surface area (TPSA) is 76.4 Å². The molecule has 1 aromatic carbocycles. The number of amides is 1. The Morgan fingerprint density at radius 3 is 2.56 bits per heavy atom. The molecule has 0 fully saturated rings. The third kappa shape index (κ3) is 4.53. The molecule has 0 aliphatic carbocycles. The van der Waals surface area contributed by atoms with E-state index in [9.17, 15) is 4.79 Å². The molecule has 0 spiro atoms. The summed E-state index contributed by atoms with van der Waals surface area (Å²) in [6.45, 7) is 6.16. The van der Waals surface area contributed by atoms with Gasteiger partial charge in [-0.2, -0.15) is 0 Å². The molecular weight excluding hydrogens is 422 g/mol. The van der Waals surface area contributed by atoms with Gasteiger partial charge in [-0.1, -0.05) is 12.1 Å². The fourth-order valence-electron chi connectivity index (χ4n) is 3.54. The zero-order valence-corrected chi connectivity index (χ0v) is 19.2. The van der Waals surface area contributed by atoms with Crippen molar-refractivity contribution < 1.29 is 13.9 Å². The van der Waals surface area contributed by atoms with Crippen molar-refractivity contribution in [3.05, 3.63) is 93.9 Å². The molecule has 164 valence electrons. The average molecular weight is 448 g/mol. The zero-order chi connectivity index (χ0) is 22.7. The number of benzene rings is 1. The lowest BCUT2D eigenvalue weighted by Crippen LogP contribution is -2.17. The van der Waals surface area contributed by atoms with E-state index in [0.29, 0.717) is 0 Å². The van der Waals surface area contributed by atoms with Crippen LogP contribution in [0.15, 0.2) is 65.4 Å². The van der Waals surface area contributed by atoms with Gasteiger partial charge in [0.15, 0.2) is 5.76 Å². The average Bonchev–Trinajstić information content (AvgIpc) is 3.42. The first kappa shape index (κ1) is 21.6. The maximum Gasteiger partial charge on any atom is 0.291 e. The number of aromatic nitrogens is 1. The summed E-state index contributed by atoms with van der Waals surface area (Å²) in [5.41, 5.74) is 4.26. The summed E-state index contributed by atoms with van der Waals surface area (Å²) in [7, 11) is 1.65. The normalized spacial score (nSPS) is 11.8. The molecule has 0 unspecified atom stereocenters. The third-order valence-corrected chi connectivity index (χ3v) is 6.49. The van der Waals surface area contributed by atoms with Crippen LogP contribution in [0.3, 0.4) is 0 Å². The SMILES string of the molecule is COc1ccc([C@@H](Nc2cc(C)ccn2)c2c(NC(=O)c3ccco3)sc(C)c2C)cc1. The summed E-state index contributed by atoms with van der Waals surface area (Å²) in [4.78, 5) is 18.4. The lowest BCUT2D eigenvalue weighted by atomic mass is 9.96. The molecule has 0 radical (unpaired) electrons. The highest BCUT2D eigenvalue weighted by molar-refractivity contribution is 7.16. The number of nitrogens with one attached hydrogen (secondary N) is 2. The minimum atomic E-state index is -0.278. The second-order valence-electron chi connectivity index (χ2n) is 7.53. The Hall–Kier alpha value is -3.58. The molecule has 0 aliphatic heterocycles. The van der Waals surface area contributed by atoms with Crippen molar-refractivity contribution in [1.29, 1.82) is 0 Å². The van der Waals surface area contributed by atoms with Gasteiger partial charge in [0.1, 0.15) is 16.6 Å². The summed E-state index contributed by atoms with van der Waals surface area (Å²) in [6.07, 6.45) is 3.28. The van der Waals surface area contributed by atoms with Crippen LogP contribution in [0.2, 0.25) is 0 Å². The van der Waals surface area contributed by atoms with Gasteiger partial charge in [0.05, 0.1) is 19.4 Å². The molecule has 1 amide bonds. The van der Waals surface area contributed by atoms with Gasteiger partial charge >= 0.3 is 0 Å². The lowest BCUT2D eigenvalue weighted by Gasteiger charge is -2.22. The minimum Gasteiger partial charge on any atom is -0.497 e. The molecule has 2 N–H and O–H groups in total. The highest BCUT2D eigenvalue weighted by Gasteiger charge is 2.25. The quantitative estimate of drug-likeness (QED) is 0.357. The molecule has 0 saturated heterocycles. The minimum absolute atomic E-state index is 0.230. The Kier molecular flexibility index (Phi) is 6.28. The van der Waals surface area contributed by atoms with Crippen LogP contribution in [-0.4, -0.2) is 18.0 Å². The highest BCUT2D eigenvalue weighted by atomic mass is 32.1. The number of carbonyl (C=O) groups is 1. The molecule has 1 atom stereocenters. The van der Waals surface area contributed by atoms with E-state index >= 15 is 0 Å². The number of thiophene rings is 1. The summed E-state index contributed by atoms with van der Waals surface area (Å²) >= 11 is 1.55. The second-order valence-corrected chi connectivity index (χ2v) is 8.75. The Labute approximate surface area is 191 Å². The zero-order valence-electron chi connectivity index (χ0n) is 18.4. The van der Waals surface area contributed by atoms with Crippen molar-refractivity contribution in [2.45, 2.75) is 26.8 Å². The Morgan fingerprint density at radius 2 is 1.91 bits per heavy atom. The molecule has 0 aliphatic rings. The van der Waals surface area contributed by atoms with Crippen LogP contribution < -0.4 is 15.4 Å². The first-order valence-corrected chi connectivity index (χ1v) is 11.1. The van der Waals surface area contributed by atoms with Crippen molar-refractivity contribution >= 4 is 28.1 Å². The van der Waals surface area contributed by atoms with E-state index in [0.717, 1.165) is 43.7 Å². The van der Waals surface area contributed by atoms with E-state index < -0.39 is 0 Å². The molecule has 32 heavy (non-hydrogen) atoms. The van der Waals surface area contributed by atoms with Crippen molar-refractivity contribution in [1.82, 2.24) is 4.98 Å². The summed E-state index contributed by atoms with van der Waals surface area (Å²) in [5.74, 6) is 1.54. The molecule has 6 nitrogen and oxygen atoms in total. The van der Waals surface area contributed by atoms with Crippen molar-refractivity contribution in [2.75, 3.05) is 17.7 Å². The first-order valence-electron chi connectivity index (χ1n) is 10.2. The largest absolute Gasteiger partial charge is 0.497 e. The van der Waals surface area contributed by atoms with Crippen LogP contribution in [0.1, 0.15) is 43.7 Å². The Balaban J connectivity index is 1.78. The fourth-order valence-corrected chi connectivity index (χ4v) is 4.63. The molecule has 4 rings (SSSR count). The summed E-state index contributed by atoms with van der Waals surface area (Å²) in [5, 5.41) is 7.40. The number of hydrogen-bond acceptors (Lipinski definition) is 6. The maximum absolute atomic E-state index is 12.7. The van der Waals surface area contributed by atoms with Crippen LogP contribution in [0.25, 0.3) is 0 Å². The number of pyridine rings is 1. The molecular formula is C25H25N3O3S. The Morgan fingerprint density at radius 1 is 1.12 bits per heavy atom. The van der Waals surface area contributed by atoms with Crippen LogP contribution in [0.5, 0.6) is 5.75 Å². The van der Waals surface area contributed by atoms with Gasteiger partial charge in [-0.25, -0.2) is 4.98 Å². The number of methoxy groups -OCH3 is 1. The van der Waals surface area contributed by atoms with Gasteiger partial charge in [-0.3, -0.25) is 4.79 Å². The van der Waals surface area contributed by atoms with E-state index in [1.165, 1.54) is 6.26 Å². The van der Waals surface area contributed by atoms with E-state index in [4.69, 9.17) is 9.15 Å². The second kappa shape index (κ2) is 9.28. The van der Waals surface area contributed by atoms with Crippen LogP contribution in [0.4, 0.5) is 10.8 Å². The fraction of sp³-hybridized carbons (Fsp3) is 0.200. The van der Waals surface area contributed by atoms with Gasteiger partial charge in [0, 0.05) is 16.6 Å². The third-order valence-electron chi connectivity index (χ3n) is 5.35. The van der Waals surface area contributed by atoms with Crippen molar-refractivity contribution in [3.8, 4) is 5.75 Å². The van der Waals surface area contributed by atoms with Gasteiger partial charge in [0.2, 0.25) is 0 Å². The number of anilines is 2. The summed E-state index contributed by atoms with van der Waals surface area (Å²) < 4.78 is 10.6. The molecule has 7 heteroatoms. The predicted molar refractivity (Wildman–Crippen MR) is 128 cm³/mol. The van der Waals surface area contributed by atoms with E-state index in [-0.39, 0.29) is 17.7 Å². The van der Waals surface area contributed by atoms with Gasteiger partial charge < -0.3 is 19.8 Å². The molecule has 3 heterocycles. The first-order chi connectivity index (χ1) is 15.5. The molecule has 3 aromatic heterocycles. The van der Waals surface area contributed by atoms with Crippen LogP contribution in [-0.2, 0) is 0 Å². The predicted octanol–water partition coefficient (Wildman–Crippen LogP) is 6.12. The highest BCUT2D eigenvalue weighted by Crippen LogP contribution is 2.41. The lowest BCUT2D eigenvalue weighted by molar-refractivity contribution is 0.0997. The van der Waals surface area contributed by atoms with Gasteiger partial charge in [0.25, 0.3) is 5.91 Å². The summed E-state index contributed by atoms with van der Waals surface area (Å²) in [6, 6.07) is 15.0. The van der Waals surface area contributed by atoms with Gasteiger partial charge in [-0.05, 0) is 73.9 Å². The standard InChI is InChI=1S/C25H25N3O3S/c1-15-11-12-26-21(14-15)27-23(18-7-9-19(30-4)10-8-18)22-16(2)17(3)32-25(22)28-24(29)20-6-5-13-31-20/h5-14,23H,1-4H3,(H,26,27)(H,28,29)/t23-/m1/s1. The van der Waals surface area contributed by atoms with E-state index in [1.807, 2.05) is 43.3 Å². The molecule has 0 saturated carbocycles. The number of aryl methyl sites for hydroxylation is 2. The number of ether oxygens (including phenoxy) is 1.